The minimum atomic E-state index is -1.18. The van der Waals surface area contributed by atoms with Crippen molar-refractivity contribution < 1.29 is 14.7 Å². The molecule has 1 aliphatic carbocycles. The summed E-state index contributed by atoms with van der Waals surface area (Å²) in [6, 6.07) is -0.390. The Labute approximate surface area is 95.6 Å². The van der Waals surface area contributed by atoms with Gasteiger partial charge in [-0.15, -0.1) is 0 Å². The minimum Gasteiger partial charge on any atom is -0.480 e. The van der Waals surface area contributed by atoms with Gasteiger partial charge in [-0.25, -0.2) is 9.59 Å². The molecule has 0 aromatic rings. The molecule has 0 heterocycles. The number of aliphatic carboxylic acids is 1. The Kier molecular flexibility index (Phi) is 3.45. The molecule has 5 nitrogen and oxygen atoms in total. The van der Waals surface area contributed by atoms with E-state index in [-0.39, 0.29) is 5.54 Å². The highest BCUT2D eigenvalue weighted by molar-refractivity contribution is 5.86. The van der Waals surface area contributed by atoms with E-state index in [1.807, 2.05) is 13.8 Å². The number of urea groups is 1. The fraction of sp³-hybridized carbons (Fsp3) is 0.818. The fourth-order valence-corrected chi connectivity index (χ4v) is 1.59. The first-order chi connectivity index (χ1) is 7.31. The normalized spacial score (nSPS) is 20.7. The van der Waals surface area contributed by atoms with Crippen LogP contribution in [-0.4, -0.2) is 28.2 Å². The largest absolute Gasteiger partial charge is 0.480 e. The van der Waals surface area contributed by atoms with Crippen molar-refractivity contribution in [2.24, 2.45) is 0 Å². The van der Waals surface area contributed by atoms with E-state index in [9.17, 15) is 9.59 Å². The van der Waals surface area contributed by atoms with Gasteiger partial charge >= 0.3 is 12.0 Å². The number of carbonyl (C=O) groups is 2. The van der Waals surface area contributed by atoms with Gasteiger partial charge < -0.3 is 15.7 Å². The maximum absolute atomic E-state index is 11.6. The van der Waals surface area contributed by atoms with E-state index in [2.05, 4.69) is 10.6 Å². The van der Waals surface area contributed by atoms with Crippen LogP contribution in [0, 0.1) is 0 Å². The van der Waals surface area contributed by atoms with Crippen molar-refractivity contribution in [3.63, 3.8) is 0 Å². The molecule has 0 aromatic carbocycles. The van der Waals surface area contributed by atoms with Gasteiger partial charge in [-0.05, 0) is 33.1 Å². The van der Waals surface area contributed by atoms with Crippen LogP contribution in [0.4, 0.5) is 4.79 Å². The molecule has 1 aliphatic rings. The second-order valence-electron chi connectivity index (χ2n) is 5.03. The van der Waals surface area contributed by atoms with Crippen LogP contribution in [0.15, 0.2) is 0 Å². The summed E-state index contributed by atoms with van der Waals surface area (Å²) in [5.41, 5.74) is -1.31. The third kappa shape index (κ3) is 3.12. The van der Waals surface area contributed by atoms with Crippen LogP contribution in [0.3, 0.4) is 0 Å². The second kappa shape index (κ2) is 4.31. The topological polar surface area (TPSA) is 78.4 Å². The van der Waals surface area contributed by atoms with E-state index in [4.69, 9.17) is 5.11 Å². The predicted octanol–water partition coefficient (Wildman–Crippen LogP) is 1.48. The number of rotatable bonds is 5. The molecule has 1 rings (SSSR count). The monoisotopic (exact) mass is 228 g/mol. The molecule has 16 heavy (non-hydrogen) atoms. The Balaban J connectivity index is 2.54. The Morgan fingerprint density at radius 2 is 2.00 bits per heavy atom. The van der Waals surface area contributed by atoms with Gasteiger partial charge in [0.25, 0.3) is 0 Å². The van der Waals surface area contributed by atoms with Crippen LogP contribution in [0.1, 0.15) is 46.5 Å². The molecule has 92 valence electrons. The van der Waals surface area contributed by atoms with Gasteiger partial charge in [-0.2, -0.15) is 0 Å². The molecular weight excluding hydrogens is 208 g/mol. The highest BCUT2D eigenvalue weighted by Gasteiger charge is 2.41. The third-order valence-corrected chi connectivity index (χ3v) is 3.03. The molecule has 1 fully saturated rings. The van der Waals surface area contributed by atoms with Crippen molar-refractivity contribution in [1.82, 2.24) is 10.6 Å². The first kappa shape index (κ1) is 12.8. The number of carboxylic acid groups (broad SMARTS) is 1. The maximum atomic E-state index is 11.6. The van der Waals surface area contributed by atoms with Crippen LogP contribution in [0.5, 0.6) is 0 Å². The second-order valence-corrected chi connectivity index (χ2v) is 5.03. The lowest BCUT2D eigenvalue weighted by molar-refractivity contribution is -0.144. The summed E-state index contributed by atoms with van der Waals surface area (Å²) in [7, 11) is 0. The quantitative estimate of drug-likeness (QED) is 0.667. The molecule has 0 saturated heterocycles. The van der Waals surface area contributed by atoms with Crippen LogP contribution in [-0.2, 0) is 4.79 Å². The Bertz CT molecular complexity index is 300. The standard InChI is InChI=1S/C11H20N2O3/c1-4-5-11(3,8(14)15)13-9(16)12-10(2)6-7-10/h4-7H2,1-3H3,(H,14,15)(H2,12,13,16). The zero-order chi connectivity index (χ0) is 12.4. The number of nitrogens with one attached hydrogen (secondary N) is 2. The van der Waals surface area contributed by atoms with Crippen molar-refractivity contribution >= 4 is 12.0 Å². The number of carbonyl (C=O) groups excluding carboxylic acids is 1. The summed E-state index contributed by atoms with van der Waals surface area (Å²) in [5, 5.41) is 14.4. The Morgan fingerprint density at radius 1 is 1.44 bits per heavy atom. The van der Waals surface area contributed by atoms with Crippen molar-refractivity contribution in [2.75, 3.05) is 0 Å². The van der Waals surface area contributed by atoms with Crippen molar-refractivity contribution in [1.29, 1.82) is 0 Å². The summed E-state index contributed by atoms with van der Waals surface area (Å²) < 4.78 is 0. The molecule has 2 amide bonds. The van der Waals surface area contributed by atoms with E-state index in [0.717, 1.165) is 12.8 Å². The summed E-state index contributed by atoms with van der Waals surface area (Å²) in [6.45, 7) is 5.38. The van der Waals surface area contributed by atoms with E-state index in [1.165, 1.54) is 6.92 Å². The zero-order valence-electron chi connectivity index (χ0n) is 10.1. The van der Waals surface area contributed by atoms with Gasteiger partial charge in [0.2, 0.25) is 0 Å². The van der Waals surface area contributed by atoms with E-state index in [0.29, 0.717) is 12.8 Å². The van der Waals surface area contributed by atoms with Crippen molar-refractivity contribution in [3.05, 3.63) is 0 Å². The molecule has 0 aliphatic heterocycles. The summed E-state index contributed by atoms with van der Waals surface area (Å²) in [6.07, 6.45) is 3.04. The van der Waals surface area contributed by atoms with Gasteiger partial charge in [0, 0.05) is 5.54 Å². The number of hydrogen-bond donors (Lipinski definition) is 3. The SMILES string of the molecule is CCCC(C)(NC(=O)NC1(C)CC1)C(=O)O. The maximum Gasteiger partial charge on any atom is 0.329 e. The van der Waals surface area contributed by atoms with Crippen LogP contribution >= 0.6 is 0 Å². The average Bonchev–Trinajstić information content (AvgIpc) is 2.82. The summed E-state index contributed by atoms with van der Waals surface area (Å²) in [4.78, 5) is 22.7. The first-order valence-electron chi connectivity index (χ1n) is 5.65. The Morgan fingerprint density at radius 3 is 2.38 bits per heavy atom. The number of amides is 2. The highest BCUT2D eigenvalue weighted by Crippen LogP contribution is 2.34. The number of carboxylic acids is 1. The fourth-order valence-electron chi connectivity index (χ4n) is 1.59. The average molecular weight is 228 g/mol. The lowest BCUT2D eigenvalue weighted by Gasteiger charge is -2.26. The molecule has 0 radical (unpaired) electrons. The molecular formula is C11H20N2O3. The summed E-state index contributed by atoms with van der Waals surface area (Å²) >= 11 is 0. The first-order valence-corrected chi connectivity index (χ1v) is 5.65. The van der Waals surface area contributed by atoms with Gasteiger partial charge in [-0.1, -0.05) is 13.3 Å². The lowest BCUT2D eigenvalue weighted by Crippen LogP contribution is -2.56. The summed E-state index contributed by atoms with van der Waals surface area (Å²) in [5.74, 6) is -0.995. The van der Waals surface area contributed by atoms with Crippen LogP contribution in [0.2, 0.25) is 0 Å². The minimum absolute atomic E-state index is 0.129. The zero-order valence-corrected chi connectivity index (χ0v) is 10.1. The van der Waals surface area contributed by atoms with Gasteiger partial charge in [0.15, 0.2) is 0 Å². The number of hydrogen-bond acceptors (Lipinski definition) is 2. The van der Waals surface area contributed by atoms with Gasteiger partial charge in [0.1, 0.15) is 5.54 Å². The lowest BCUT2D eigenvalue weighted by atomic mass is 9.96. The molecule has 0 bridgehead atoms. The van der Waals surface area contributed by atoms with Gasteiger partial charge in [0.05, 0.1) is 0 Å². The smallest absolute Gasteiger partial charge is 0.329 e. The molecule has 1 saturated carbocycles. The molecule has 3 N–H and O–H groups in total. The predicted molar refractivity (Wildman–Crippen MR) is 60.3 cm³/mol. The molecule has 1 atom stereocenters. The van der Waals surface area contributed by atoms with Crippen molar-refractivity contribution in [2.45, 2.75) is 57.5 Å². The third-order valence-electron chi connectivity index (χ3n) is 3.03. The molecule has 1 unspecified atom stereocenters. The van der Waals surface area contributed by atoms with Crippen molar-refractivity contribution in [3.8, 4) is 0 Å². The Hall–Kier alpha value is -1.26. The molecule has 5 heteroatoms. The van der Waals surface area contributed by atoms with Gasteiger partial charge in [-0.3, -0.25) is 0 Å². The van der Waals surface area contributed by atoms with Crippen LogP contribution in [0.25, 0.3) is 0 Å². The van der Waals surface area contributed by atoms with Crippen LogP contribution < -0.4 is 10.6 Å². The highest BCUT2D eigenvalue weighted by atomic mass is 16.4. The van der Waals surface area contributed by atoms with E-state index in [1.54, 1.807) is 0 Å². The van der Waals surface area contributed by atoms with E-state index >= 15 is 0 Å². The molecule has 0 aromatic heterocycles. The van der Waals surface area contributed by atoms with E-state index < -0.39 is 17.5 Å². The molecule has 0 spiro atoms.